The number of amides is 3. The number of aliphatic hydroxyl groups excluding tert-OH is 9. The second-order valence-electron chi connectivity index (χ2n) is 14.1. The van der Waals surface area contributed by atoms with Gasteiger partial charge in [-0.1, -0.05) is 0 Å². The van der Waals surface area contributed by atoms with E-state index in [1.54, 1.807) is 6.92 Å². The van der Waals surface area contributed by atoms with E-state index in [4.69, 9.17) is 37.9 Å². The molecule has 5 aliphatic rings. The van der Waals surface area contributed by atoms with Crippen molar-refractivity contribution in [2.75, 3.05) is 26.4 Å². The largest absolute Gasteiger partial charge is 0.450 e. The van der Waals surface area contributed by atoms with Gasteiger partial charge in [-0.05, 0) is 0 Å². The van der Waals surface area contributed by atoms with Crippen LogP contribution in [0.15, 0.2) is 4.99 Å². The summed E-state index contributed by atoms with van der Waals surface area (Å²) in [6, 6.07) is -5.48. The van der Waals surface area contributed by atoms with Crippen LogP contribution in [-0.4, -0.2) is 219 Å². The fraction of sp³-hybridized carbons (Fsp3) is 0.875. The molecule has 0 radical (unpaired) electrons. The zero-order valence-electron chi connectivity index (χ0n) is 30.8. The van der Waals surface area contributed by atoms with Crippen molar-refractivity contribution in [2.24, 2.45) is 4.99 Å². The molecule has 0 aromatic carbocycles. The second kappa shape index (κ2) is 18.9. The van der Waals surface area contributed by atoms with Gasteiger partial charge in [-0.3, -0.25) is 14.4 Å². The van der Waals surface area contributed by atoms with E-state index in [0.29, 0.717) is 0 Å². The molecule has 0 saturated carbocycles. The summed E-state index contributed by atoms with van der Waals surface area (Å²) in [5, 5.41) is 104. The maximum absolute atomic E-state index is 12.4. The van der Waals surface area contributed by atoms with Gasteiger partial charge in [0.05, 0.1) is 26.4 Å². The molecule has 12 N–H and O–H groups in total. The van der Waals surface area contributed by atoms with Crippen LogP contribution in [-0.2, 0) is 52.3 Å². The predicted molar refractivity (Wildman–Crippen MR) is 178 cm³/mol. The van der Waals surface area contributed by atoms with Crippen LogP contribution in [0.3, 0.4) is 0 Å². The van der Waals surface area contributed by atoms with Crippen molar-refractivity contribution in [1.29, 1.82) is 0 Å². The molecule has 0 aromatic rings. The van der Waals surface area contributed by atoms with Crippen LogP contribution in [0, 0.1) is 0 Å². The van der Waals surface area contributed by atoms with E-state index < -0.39 is 167 Å². The molecule has 5 rings (SSSR count). The zero-order chi connectivity index (χ0) is 41.2. The molecule has 24 nitrogen and oxygen atoms in total. The molecule has 4 saturated heterocycles. The summed E-state index contributed by atoms with van der Waals surface area (Å²) in [4.78, 5) is 40.9. The van der Waals surface area contributed by atoms with Crippen LogP contribution in [0.5, 0.6) is 0 Å². The number of fused-ring (bicyclic) bond motifs is 1. The summed E-state index contributed by atoms with van der Waals surface area (Å²) in [6.45, 7) is 1.69. The Hall–Kier alpha value is -2.76. The quantitative estimate of drug-likeness (QED) is 0.0821. The van der Waals surface area contributed by atoms with Crippen molar-refractivity contribution in [3.8, 4) is 0 Å². The number of nitrogens with one attached hydrogen (secondary N) is 3. The summed E-state index contributed by atoms with van der Waals surface area (Å²) in [5.41, 5.74) is 0. The molecular formula is C32H52N4O20. The predicted octanol–water partition coefficient (Wildman–Crippen LogP) is -7.85. The molecule has 0 bridgehead atoms. The van der Waals surface area contributed by atoms with Gasteiger partial charge in [-0.15, -0.1) is 0 Å². The van der Waals surface area contributed by atoms with E-state index in [1.165, 1.54) is 0 Å². The maximum atomic E-state index is 12.4. The number of carbonyl (C=O) groups excluding carboxylic acids is 3. The number of carbonyl (C=O) groups is 3. The third kappa shape index (κ3) is 9.41. The van der Waals surface area contributed by atoms with Crippen LogP contribution in [0.25, 0.3) is 0 Å². The summed E-state index contributed by atoms with van der Waals surface area (Å²) >= 11 is 0. The van der Waals surface area contributed by atoms with Crippen LogP contribution >= 0.6 is 0 Å². The van der Waals surface area contributed by atoms with Crippen LogP contribution < -0.4 is 16.0 Å². The molecule has 3 amide bonds. The third-order valence-corrected chi connectivity index (χ3v) is 10.0. The van der Waals surface area contributed by atoms with E-state index in [1.807, 2.05) is 0 Å². The van der Waals surface area contributed by atoms with Gasteiger partial charge in [0.1, 0.15) is 97.4 Å². The van der Waals surface area contributed by atoms with Crippen molar-refractivity contribution < 1.29 is 98.2 Å². The topological polar surface area (TPSA) is 356 Å². The SMILES string of the molecule is CC(=O)N[C@H]1[C@H](O[C@H]2[C@H](O)[C@H]3N=C(C)O[C@H]3O[C@@H]2CO)O[C@H](CO)[C@@H](O[C@@H]2O[C@H](CO)[C@@H](O[C@@H]3O[C@H](CO)[C@@H](O)[C@H](O)[C@H]3NC(C)=O)[C@H](O)[C@H]2NC(C)=O)[C@@H]1O. The molecular weight excluding hydrogens is 760 g/mol. The molecule has 56 heavy (non-hydrogen) atoms. The number of nitrogens with zero attached hydrogens (tertiary/aromatic N) is 1. The Bertz CT molecular complexity index is 1400. The van der Waals surface area contributed by atoms with Crippen molar-refractivity contribution in [3.63, 3.8) is 0 Å². The third-order valence-electron chi connectivity index (χ3n) is 10.0. The Kier molecular flexibility index (Phi) is 14.9. The average molecular weight is 813 g/mol. The molecule has 20 atom stereocenters. The molecule has 24 heteroatoms. The number of ether oxygens (including phenoxy) is 8. The van der Waals surface area contributed by atoms with Gasteiger partial charge in [0.25, 0.3) is 0 Å². The highest BCUT2D eigenvalue weighted by molar-refractivity contribution is 5.75. The van der Waals surface area contributed by atoms with E-state index in [9.17, 15) is 60.3 Å². The van der Waals surface area contributed by atoms with Gasteiger partial charge in [0, 0.05) is 27.7 Å². The van der Waals surface area contributed by atoms with Crippen molar-refractivity contribution in [1.82, 2.24) is 16.0 Å². The Morgan fingerprint density at radius 2 is 0.911 bits per heavy atom. The first kappa shape index (κ1) is 44.3. The lowest BCUT2D eigenvalue weighted by Gasteiger charge is -2.50. The van der Waals surface area contributed by atoms with Crippen LogP contribution in [0.2, 0.25) is 0 Å². The fourth-order valence-electron chi connectivity index (χ4n) is 7.39. The normalized spacial score (nSPS) is 45.2. The molecule has 0 aliphatic carbocycles. The Labute approximate surface area is 319 Å². The van der Waals surface area contributed by atoms with Gasteiger partial charge in [-0.2, -0.15) is 0 Å². The standard InChI is InChI=1S/C32H52N4O20/c1-9(41)33-17-22(45)21(44)13(5-37)50-30(17)54-26-15(7-39)52-31(18(23(26)46)34-10(2)42)55-27-16(8-40)53-32(19(24(27)47)35-11(3)43)56-28-14(6-38)51-29-20(25(28)48)36-12(4)49-29/h13-32,37-40,44-48H,5-8H2,1-4H3,(H,33,41)(H,34,42)(H,35,43)/t13-,14-,15-,16-,17-,18-,19-,20-,21-,22-,23-,24-,25-,26-,27-,28-,29+,30+,31+,32+/m1/s1. The summed E-state index contributed by atoms with van der Waals surface area (Å²) < 4.78 is 46.7. The minimum Gasteiger partial charge on any atom is -0.450 e. The molecule has 0 spiro atoms. The molecule has 5 heterocycles. The van der Waals surface area contributed by atoms with Gasteiger partial charge >= 0.3 is 0 Å². The van der Waals surface area contributed by atoms with Crippen molar-refractivity contribution >= 4 is 23.6 Å². The zero-order valence-corrected chi connectivity index (χ0v) is 30.8. The molecule has 5 aliphatic heterocycles. The summed E-state index contributed by atoms with van der Waals surface area (Å²) in [7, 11) is 0. The first-order chi connectivity index (χ1) is 26.5. The van der Waals surface area contributed by atoms with E-state index in [-0.39, 0.29) is 5.90 Å². The minimum atomic E-state index is -1.85. The number of hydrogen-bond donors (Lipinski definition) is 12. The monoisotopic (exact) mass is 812 g/mol. The lowest BCUT2D eigenvalue weighted by atomic mass is 9.93. The van der Waals surface area contributed by atoms with Crippen LogP contribution in [0.1, 0.15) is 27.7 Å². The number of hydrogen-bond acceptors (Lipinski definition) is 21. The van der Waals surface area contributed by atoms with Gasteiger partial charge in [0.2, 0.25) is 24.0 Å². The molecule has 0 unspecified atom stereocenters. The first-order valence-electron chi connectivity index (χ1n) is 18.0. The molecule has 4 fully saturated rings. The van der Waals surface area contributed by atoms with E-state index in [0.717, 1.165) is 20.8 Å². The van der Waals surface area contributed by atoms with Crippen molar-refractivity contribution in [3.05, 3.63) is 0 Å². The van der Waals surface area contributed by atoms with Gasteiger partial charge in [-0.25, -0.2) is 4.99 Å². The summed E-state index contributed by atoms with van der Waals surface area (Å²) in [5.74, 6) is -1.85. The maximum Gasteiger partial charge on any atom is 0.227 e. The van der Waals surface area contributed by atoms with Gasteiger partial charge < -0.3 is 99.8 Å². The number of aliphatic hydroxyl groups is 9. The molecule has 320 valence electrons. The first-order valence-corrected chi connectivity index (χ1v) is 18.0. The number of rotatable bonds is 13. The highest BCUT2D eigenvalue weighted by atomic mass is 16.8. The lowest BCUT2D eigenvalue weighted by molar-refractivity contribution is -0.360. The lowest BCUT2D eigenvalue weighted by Crippen LogP contribution is -2.71. The van der Waals surface area contributed by atoms with E-state index in [2.05, 4.69) is 20.9 Å². The average Bonchev–Trinajstić information content (AvgIpc) is 3.53. The van der Waals surface area contributed by atoms with Gasteiger partial charge in [0.15, 0.2) is 24.8 Å². The Morgan fingerprint density at radius 1 is 0.554 bits per heavy atom. The second-order valence-corrected chi connectivity index (χ2v) is 14.1. The van der Waals surface area contributed by atoms with E-state index >= 15 is 0 Å². The van der Waals surface area contributed by atoms with Crippen molar-refractivity contribution in [2.45, 2.75) is 150 Å². The highest BCUT2D eigenvalue weighted by Crippen LogP contribution is 2.36. The molecule has 0 aromatic heterocycles. The Morgan fingerprint density at radius 3 is 1.30 bits per heavy atom. The minimum absolute atomic E-state index is 0.219. The fourth-order valence-corrected chi connectivity index (χ4v) is 7.39. The number of aliphatic imine (C=N–C) groups is 1. The Balaban J connectivity index is 1.38. The van der Waals surface area contributed by atoms with Crippen LogP contribution in [0.4, 0.5) is 0 Å². The highest BCUT2D eigenvalue weighted by Gasteiger charge is 2.57. The summed E-state index contributed by atoms with van der Waals surface area (Å²) in [6.07, 6.45) is -24.7. The smallest absolute Gasteiger partial charge is 0.227 e.